The molecule has 0 bridgehead atoms. The van der Waals surface area contributed by atoms with Gasteiger partial charge in [0.2, 0.25) is 0 Å². The first kappa shape index (κ1) is 18.8. The number of nitrogens with zero attached hydrogens (tertiary/aromatic N) is 1. The fourth-order valence-electron chi connectivity index (χ4n) is 3.54. The van der Waals surface area contributed by atoms with Crippen LogP contribution >= 0.6 is 0 Å². The molecule has 0 saturated carbocycles. The predicted molar refractivity (Wildman–Crippen MR) is 121 cm³/mol. The number of aryl methyl sites for hydroxylation is 3. The number of allylic oxidation sites excluding steroid dienone is 1. The number of hydrogen-bond acceptors (Lipinski definition) is 2. The van der Waals surface area contributed by atoms with Gasteiger partial charge in [-0.15, -0.1) is 0 Å². The Kier molecular flexibility index (Phi) is 5.05. The Bertz CT molecular complexity index is 1200. The van der Waals surface area contributed by atoms with Crippen LogP contribution in [0.3, 0.4) is 0 Å². The van der Waals surface area contributed by atoms with E-state index in [-0.39, 0.29) is 5.78 Å². The molecule has 0 radical (unpaired) electrons. The van der Waals surface area contributed by atoms with Gasteiger partial charge in [0.1, 0.15) is 0 Å². The molecule has 0 spiro atoms. The minimum atomic E-state index is -0.0228. The van der Waals surface area contributed by atoms with Crippen molar-refractivity contribution in [3.63, 3.8) is 0 Å². The van der Waals surface area contributed by atoms with Gasteiger partial charge in [0.15, 0.2) is 5.78 Å². The summed E-state index contributed by atoms with van der Waals surface area (Å²) in [5.41, 5.74) is 6.94. The standard InChI is InChI=1S/C26H24N2O/c1-18-14-22-15-19(2)28(3)25(22)16-23(18)27-24(20-10-6-4-7-11-20)17-26(29)21-12-8-5-9-13-21/h4-17,27H,1-3H3/b24-17-. The van der Waals surface area contributed by atoms with Crippen LogP contribution in [0.25, 0.3) is 16.6 Å². The molecule has 144 valence electrons. The normalized spacial score (nSPS) is 11.6. The van der Waals surface area contributed by atoms with E-state index in [1.807, 2.05) is 60.7 Å². The van der Waals surface area contributed by atoms with Crippen molar-refractivity contribution in [1.29, 1.82) is 0 Å². The van der Waals surface area contributed by atoms with Gasteiger partial charge in [-0.25, -0.2) is 0 Å². The van der Waals surface area contributed by atoms with Crippen LogP contribution in [0.15, 0.2) is 84.9 Å². The lowest BCUT2D eigenvalue weighted by atomic mass is 10.1. The van der Waals surface area contributed by atoms with Crippen molar-refractivity contribution in [2.45, 2.75) is 13.8 Å². The monoisotopic (exact) mass is 380 g/mol. The van der Waals surface area contributed by atoms with Crippen LogP contribution in [0.2, 0.25) is 0 Å². The summed E-state index contributed by atoms with van der Waals surface area (Å²) in [6.45, 7) is 4.20. The summed E-state index contributed by atoms with van der Waals surface area (Å²) in [6.07, 6.45) is 1.69. The summed E-state index contributed by atoms with van der Waals surface area (Å²) < 4.78 is 2.18. The number of ketones is 1. The summed E-state index contributed by atoms with van der Waals surface area (Å²) in [4.78, 5) is 12.9. The van der Waals surface area contributed by atoms with E-state index in [2.05, 4.69) is 49.0 Å². The molecule has 0 unspecified atom stereocenters. The molecule has 0 aliphatic heterocycles. The van der Waals surface area contributed by atoms with E-state index in [0.717, 1.165) is 28.0 Å². The van der Waals surface area contributed by atoms with E-state index in [0.29, 0.717) is 5.56 Å². The average molecular weight is 380 g/mol. The number of fused-ring (bicyclic) bond motifs is 1. The Morgan fingerprint density at radius 1 is 0.862 bits per heavy atom. The third-order valence-corrected chi connectivity index (χ3v) is 5.32. The number of nitrogens with one attached hydrogen (secondary N) is 1. The van der Waals surface area contributed by atoms with Gasteiger partial charge in [0, 0.05) is 41.2 Å². The lowest BCUT2D eigenvalue weighted by molar-refractivity contribution is 0.104. The second kappa shape index (κ2) is 7.80. The molecule has 0 aliphatic rings. The lowest BCUT2D eigenvalue weighted by Crippen LogP contribution is -2.05. The minimum Gasteiger partial charge on any atom is -0.355 e. The highest BCUT2D eigenvalue weighted by molar-refractivity contribution is 6.09. The zero-order valence-corrected chi connectivity index (χ0v) is 16.9. The highest BCUT2D eigenvalue weighted by Crippen LogP contribution is 2.28. The molecule has 3 nitrogen and oxygen atoms in total. The largest absolute Gasteiger partial charge is 0.355 e. The first-order valence-corrected chi connectivity index (χ1v) is 9.73. The van der Waals surface area contributed by atoms with Crippen molar-refractivity contribution in [2.24, 2.45) is 7.05 Å². The predicted octanol–water partition coefficient (Wildman–Crippen LogP) is 6.13. The number of benzene rings is 3. The summed E-state index contributed by atoms with van der Waals surface area (Å²) in [6, 6.07) is 25.8. The quantitative estimate of drug-likeness (QED) is 0.334. The third kappa shape index (κ3) is 3.85. The Labute approximate surface area is 171 Å². The van der Waals surface area contributed by atoms with Crippen molar-refractivity contribution < 1.29 is 4.79 Å². The van der Waals surface area contributed by atoms with Crippen molar-refractivity contribution >= 4 is 28.1 Å². The molecular formula is C26H24N2O. The van der Waals surface area contributed by atoms with E-state index in [1.165, 1.54) is 11.1 Å². The smallest absolute Gasteiger partial charge is 0.187 e. The first-order valence-electron chi connectivity index (χ1n) is 9.73. The van der Waals surface area contributed by atoms with Gasteiger partial charge in [-0.3, -0.25) is 4.79 Å². The lowest BCUT2D eigenvalue weighted by Gasteiger charge is -2.15. The van der Waals surface area contributed by atoms with Crippen molar-refractivity contribution in [2.75, 3.05) is 5.32 Å². The molecule has 29 heavy (non-hydrogen) atoms. The molecule has 0 saturated heterocycles. The molecule has 1 heterocycles. The van der Waals surface area contributed by atoms with Gasteiger partial charge in [0.05, 0.1) is 5.52 Å². The van der Waals surface area contributed by atoms with Crippen LogP contribution in [0, 0.1) is 13.8 Å². The number of carbonyl (C=O) groups is 1. The van der Waals surface area contributed by atoms with Crippen LogP contribution in [0.4, 0.5) is 5.69 Å². The molecule has 0 fully saturated rings. The van der Waals surface area contributed by atoms with Crippen molar-refractivity contribution in [3.05, 3.63) is 107 Å². The van der Waals surface area contributed by atoms with E-state index >= 15 is 0 Å². The van der Waals surface area contributed by atoms with E-state index in [1.54, 1.807) is 6.08 Å². The van der Waals surface area contributed by atoms with Gasteiger partial charge < -0.3 is 9.88 Å². The number of aromatic nitrogens is 1. The average Bonchev–Trinajstić information content (AvgIpc) is 3.01. The van der Waals surface area contributed by atoms with Crippen molar-refractivity contribution in [3.8, 4) is 0 Å². The zero-order chi connectivity index (χ0) is 20.4. The van der Waals surface area contributed by atoms with Gasteiger partial charge >= 0.3 is 0 Å². The van der Waals surface area contributed by atoms with Gasteiger partial charge in [-0.1, -0.05) is 60.7 Å². The minimum absolute atomic E-state index is 0.0228. The molecule has 0 atom stereocenters. The second-order valence-corrected chi connectivity index (χ2v) is 7.35. The SMILES string of the molecule is Cc1cc2cc(C)n(C)c2cc1N/C(=C\C(=O)c1ccccc1)c1ccccc1. The Balaban J connectivity index is 1.78. The summed E-state index contributed by atoms with van der Waals surface area (Å²) in [5, 5.41) is 4.74. The van der Waals surface area contributed by atoms with E-state index < -0.39 is 0 Å². The summed E-state index contributed by atoms with van der Waals surface area (Å²) in [5.74, 6) is -0.0228. The van der Waals surface area contributed by atoms with Crippen LogP contribution in [0.1, 0.15) is 27.2 Å². The maximum atomic E-state index is 12.9. The van der Waals surface area contributed by atoms with Gasteiger partial charge in [-0.05, 0) is 43.2 Å². The maximum Gasteiger partial charge on any atom is 0.187 e. The Morgan fingerprint density at radius 2 is 1.48 bits per heavy atom. The molecule has 4 rings (SSSR count). The highest BCUT2D eigenvalue weighted by atomic mass is 16.1. The molecule has 4 aromatic rings. The third-order valence-electron chi connectivity index (χ3n) is 5.32. The Morgan fingerprint density at radius 3 is 2.14 bits per heavy atom. The van der Waals surface area contributed by atoms with Crippen LogP contribution in [-0.2, 0) is 7.05 Å². The number of carbonyl (C=O) groups excluding carboxylic acids is 1. The fraction of sp³-hybridized carbons (Fsp3) is 0.115. The molecule has 0 amide bonds. The number of anilines is 1. The topological polar surface area (TPSA) is 34.0 Å². The second-order valence-electron chi connectivity index (χ2n) is 7.35. The van der Waals surface area contributed by atoms with Crippen LogP contribution in [-0.4, -0.2) is 10.4 Å². The van der Waals surface area contributed by atoms with Crippen LogP contribution < -0.4 is 5.32 Å². The van der Waals surface area contributed by atoms with E-state index in [4.69, 9.17) is 0 Å². The maximum absolute atomic E-state index is 12.9. The van der Waals surface area contributed by atoms with Crippen molar-refractivity contribution in [1.82, 2.24) is 4.57 Å². The molecule has 1 N–H and O–H groups in total. The molecular weight excluding hydrogens is 356 g/mol. The van der Waals surface area contributed by atoms with Gasteiger partial charge in [0.25, 0.3) is 0 Å². The number of rotatable bonds is 5. The van der Waals surface area contributed by atoms with Crippen LogP contribution in [0.5, 0.6) is 0 Å². The molecule has 0 aliphatic carbocycles. The van der Waals surface area contributed by atoms with E-state index in [9.17, 15) is 4.79 Å². The molecule has 3 heteroatoms. The molecule has 3 aromatic carbocycles. The zero-order valence-electron chi connectivity index (χ0n) is 16.9. The highest BCUT2D eigenvalue weighted by Gasteiger charge is 2.11. The van der Waals surface area contributed by atoms with Gasteiger partial charge in [-0.2, -0.15) is 0 Å². The fourth-order valence-corrected chi connectivity index (χ4v) is 3.54. The Hall–Kier alpha value is -3.59. The summed E-state index contributed by atoms with van der Waals surface area (Å²) in [7, 11) is 2.07. The summed E-state index contributed by atoms with van der Waals surface area (Å²) >= 11 is 0. The molecule has 1 aromatic heterocycles. The number of hydrogen-bond donors (Lipinski definition) is 1. The first-order chi connectivity index (χ1) is 14.0.